The molecule has 14 heavy (non-hydrogen) atoms. The maximum Gasteiger partial charge on any atom is 0.332 e. The Labute approximate surface area is 90.4 Å². The van der Waals surface area contributed by atoms with E-state index in [0.29, 0.717) is 0 Å². The van der Waals surface area contributed by atoms with Gasteiger partial charge in [-0.05, 0) is 29.8 Å². The average molecular weight is 259 g/mol. The Morgan fingerprint density at radius 1 is 1.64 bits per heavy atom. The Hall–Kier alpha value is -1.10. The number of carboxylic acid groups (broad SMARTS) is 1. The molecule has 0 aliphatic rings. The predicted octanol–water partition coefficient (Wildman–Crippen LogP) is 1.90. The molecule has 0 amide bonds. The van der Waals surface area contributed by atoms with Gasteiger partial charge in [-0.25, -0.2) is 4.79 Å². The number of nitrogens with zero attached hydrogens (tertiary/aromatic N) is 2. The Balaban J connectivity index is 2.93. The standard InChI is InChI=1S/C9H11BrN2O2/c1-5(9(13)14)4-12-7(3)8(10)6(2)11-12/h1,4H2,2-3H3,(H,13,14). The molecular weight excluding hydrogens is 248 g/mol. The van der Waals surface area contributed by atoms with Crippen LogP contribution in [0.25, 0.3) is 0 Å². The van der Waals surface area contributed by atoms with Crippen LogP contribution in [0, 0.1) is 13.8 Å². The fourth-order valence-corrected chi connectivity index (χ4v) is 1.36. The molecule has 0 atom stereocenters. The van der Waals surface area contributed by atoms with Crippen molar-refractivity contribution in [3.63, 3.8) is 0 Å². The summed E-state index contributed by atoms with van der Waals surface area (Å²) >= 11 is 3.37. The molecule has 0 unspecified atom stereocenters. The van der Waals surface area contributed by atoms with Crippen molar-refractivity contribution in [3.05, 3.63) is 28.0 Å². The second kappa shape index (κ2) is 3.96. The van der Waals surface area contributed by atoms with Gasteiger partial charge in [0.05, 0.1) is 28.0 Å². The number of hydrogen-bond donors (Lipinski definition) is 1. The molecule has 1 rings (SSSR count). The Morgan fingerprint density at radius 3 is 2.57 bits per heavy atom. The lowest BCUT2D eigenvalue weighted by Gasteiger charge is -2.03. The minimum atomic E-state index is -0.992. The van der Waals surface area contributed by atoms with Gasteiger partial charge >= 0.3 is 5.97 Å². The van der Waals surface area contributed by atoms with E-state index in [1.807, 2.05) is 13.8 Å². The molecule has 0 aromatic carbocycles. The topological polar surface area (TPSA) is 55.1 Å². The first-order valence-electron chi connectivity index (χ1n) is 4.04. The highest BCUT2D eigenvalue weighted by Gasteiger charge is 2.11. The first kappa shape index (κ1) is 11.0. The van der Waals surface area contributed by atoms with Crippen LogP contribution in [-0.4, -0.2) is 20.9 Å². The number of hydrogen-bond acceptors (Lipinski definition) is 2. The van der Waals surface area contributed by atoms with Crippen molar-refractivity contribution in [2.75, 3.05) is 0 Å². The maximum absolute atomic E-state index is 10.6. The maximum atomic E-state index is 10.6. The smallest absolute Gasteiger partial charge is 0.332 e. The number of aryl methyl sites for hydroxylation is 1. The van der Waals surface area contributed by atoms with Gasteiger partial charge in [0, 0.05) is 0 Å². The molecule has 0 spiro atoms. The number of aliphatic carboxylic acids is 1. The zero-order chi connectivity index (χ0) is 10.9. The molecule has 0 radical (unpaired) electrons. The van der Waals surface area contributed by atoms with Gasteiger partial charge < -0.3 is 5.11 Å². The minimum Gasteiger partial charge on any atom is -0.478 e. The molecule has 4 nitrogen and oxygen atoms in total. The van der Waals surface area contributed by atoms with Crippen LogP contribution in [-0.2, 0) is 11.3 Å². The van der Waals surface area contributed by atoms with E-state index in [9.17, 15) is 4.79 Å². The van der Waals surface area contributed by atoms with E-state index in [1.54, 1.807) is 4.68 Å². The summed E-state index contributed by atoms with van der Waals surface area (Å²) in [6.45, 7) is 7.40. The van der Waals surface area contributed by atoms with Crippen molar-refractivity contribution in [2.45, 2.75) is 20.4 Å². The molecular formula is C9H11BrN2O2. The summed E-state index contributed by atoms with van der Waals surface area (Å²) in [5.41, 5.74) is 1.88. The van der Waals surface area contributed by atoms with Crippen LogP contribution in [0.5, 0.6) is 0 Å². The average Bonchev–Trinajstić information content (AvgIpc) is 2.33. The molecule has 0 saturated carbocycles. The summed E-state index contributed by atoms with van der Waals surface area (Å²) in [4.78, 5) is 10.6. The van der Waals surface area contributed by atoms with E-state index in [2.05, 4.69) is 27.6 Å². The van der Waals surface area contributed by atoms with E-state index in [1.165, 1.54) is 0 Å². The third kappa shape index (κ3) is 2.04. The van der Waals surface area contributed by atoms with Crippen molar-refractivity contribution < 1.29 is 9.90 Å². The lowest BCUT2D eigenvalue weighted by atomic mass is 10.3. The first-order chi connectivity index (χ1) is 6.43. The quantitative estimate of drug-likeness (QED) is 0.843. The number of rotatable bonds is 3. The lowest BCUT2D eigenvalue weighted by Crippen LogP contribution is -2.10. The van der Waals surface area contributed by atoms with Gasteiger partial charge in [0.25, 0.3) is 0 Å². The third-order valence-electron chi connectivity index (χ3n) is 1.94. The van der Waals surface area contributed by atoms with Crippen LogP contribution in [0.3, 0.4) is 0 Å². The number of carboxylic acids is 1. The summed E-state index contributed by atoms with van der Waals surface area (Å²) in [5, 5.41) is 12.8. The molecule has 0 aliphatic heterocycles. The van der Waals surface area contributed by atoms with Crippen LogP contribution in [0.4, 0.5) is 0 Å². The highest BCUT2D eigenvalue weighted by molar-refractivity contribution is 9.10. The Morgan fingerprint density at radius 2 is 2.21 bits per heavy atom. The number of carbonyl (C=O) groups is 1. The Bertz CT molecular complexity index is 396. The summed E-state index contributed by atoms with van der Waals surface area (Å²) in [6, 6.07) is 0. The molecule has 5 heteroatoms. The molecule has 1 N–H and O–H groups in total. The summed E-state index contributed by atoms with van der Waals surface area (Å²) in [5.74, 6) is -0.992. The summed E-state index contributed by atoms with van der Waals surface area (Å²) in [7, 11) is 0. The van der Waals surface area contributed by atoms with Gasteiger partial charge in [0.1, 0.15) is 0 Å². The third-order valence-corrected chi connectivity index (χ3v) is 3.08. The minimum absolute atomic E-state index is 0.128. The zero-order valence-electron chi connectivity index (χ0n) is 8.04. The van der Waals surface area contributed by atoms with Crippen LogP contribution >= 0.6 is 15.9 Å². The largest absolute Gasteiger partial charge is 0.478 e. The molecule has 76 valence electrons. The van der Waals surface area contributed by atoms with Crippen LogP contribution in [0.15, 0.2) is 16.6 Å². The zero-order valence-corrected chi connectivity index (χ0v) is 9.63. The van der Waals surface area contributed by atoms with Crippen LogP contribution in [0.1, 0.15) is 11.4 Å². The second-order valence-electron chi connectivity index (χ2n) is 3.05. The van der Waals surface area contributed by atoms with E-state index in [4.69, 9.17) is 5.11 Å². The Kier molecular flexibility index (Phi) is 3.10. The summed E-state index contributed by atoms with van der Waals surface area (Å²) < 4.78 is 2.53. The van der Waals surface area contributed by atoms with Gasteiger partial charge in [-0.15, -0.1) is 0 Å². The number of halogens is 1. The van der Waals surface area contributed by atoms with Crippen molar-refractivity contribution in [1.82, 2.24) is 9.78 Å². The fraction of sp³-hybridized carbons (Fsp3) is 0.333. The van der Waals surface area contributed by atoms with E-state index >= 15 is 0 Å². The van der Waals surface area contributed by atoms with Crippen molar-refractivity contribution in [2.24, 2.45) is 0 Å². The molecule has 0 bridgehead atoms. The molecule has 0 aliphatic carbocycles. The van der Waals surface area contributed by atoms with Crippen molar-refractivity contribution in [3.8, 4) is 0 Å². The lowest BCUT2D eigenvalue weighted by molar-refractivity contribution is -0.132. The predicted molar refractivity (Wildman–Crippen MR) is 56.2 cm³/mol. The first-order valence-corrected chi connectivity index (χ1v) is 4.83. The van der Waals surface area contributed by atoms with Crippen molar-refractivity contribution >= 4 is 21.9 Å². The number of aromatic nitrogens is 2. The fourth-order valence-electron chi connectivity index (χ4n) is 1.08. The van der Waals surface area contributed by atoms with E-state index < -0.39 is 5.97 Å². The molecule has 0 saturated heterocycles. The monoisotopic (exact) mass is 258 g/mol. The van der Waals surface area contributed by atoms with Gasteiger partial charge in [0.15, 0.2) is 0 Å². The SMILES string of the molecule is C=C(Cn1nc(C)c(Br)c1C)C(=O)O. The molecule has 0 fully saturated rings. The molecule has 1 aromatic heterocycles. The van der Waals surface area contributed by atoms with Gasteiger partial charge in [0.2, 0.25) is 0 Å². The van der Waals surface area contributed by atoms with Crippen LogP contribution < -0.4 is 0 Å². The van der Waals surface area contributed by atoms with Crippen molar-refractivity contribution in [1.29, 1.82) is 0 Å². The second-order valence-corrected chi connectivity index (χ2v) is 3.84. The van der Waals surface area contributed by atoms with Gasteiger partial charge in [-0.2, -0.15) is 5.10 Å². The molecule has 1 aromatic rings. The highest BCUT2D eigenvalue weighted by atomic mass is 79.9. The van der Waals surface area contributed by atoms with Crippen LogP contribution in [0.2, 0.25) is 0 Å². The molecule has 1 heterocycles. The van der Waals surface area contributed by atoms with Gasteiger partial charge in [-0.1, -0.05) is 6.58 Å². The van der Waals surface area contributed by atoms with Gasteiger partial charge in [-0.3, -0.25) is 4.68 Å². The van der Waals surface area contributed by atoms with E-state index in [-0.39, 0.29) is 12.1 Å². The highest BCUT2D eigenvalue weighted by Crippen LogP contribution is 2.20. The normalized spacial score (nSPS) is 10.2. The van der Waals surface area contributed by atoms with E-state index in [0.717, 1.165) is 15.9 Å². The summed E-state index contributed by atoms with van der Waals surface area (Å²) in [6.07, 6.45) is 0.